The monoisotopic (exact) mass is 886 g/mol. The molecular weight excluding hydrogens is 835 g/mol. The van der Waals surface area contributed by atoms with Gasteiger partial charge in [0.2, 0.25) is 0 Å². The van der Waals surface area contributed by atoms with E-state index in [4.69, 9.17) is 29.6 Å². The van der Waals surface area contributed by atoms with Crippen molar-refractivity contribution in [3.63, 3.8) is 0 Å². The Balaban J connectivity index is 0.000000166. The Morgan fingerprint density at radius 3 is 1.33 bits per heavy atom. The third-order valence-corrected chi connectivity index (χ3v) is 12.7. The summed E-state index contributed by atoms with van der Waals surface area (Å²) in [4.78, 5) is 18.3. The molecule has 0 spiro atoms. The van der Waals surface area contributed by atoms with Gasteiger partial charge in [-0.1, -0.05) is 48.6 Å². The molecule has 0 bridgehead atoms. The fraction of sp³-hybridized carbons (Fsp3) is 0.269. The van der Waals surface area contributed by atoms with Crippen molar-refractivity contribution in [1.82, 2.24) is 48.6 Å². The van der Waals surface area contributed by atoms with Gasteiger partial charge in [0.15, 0.2) is 11.6 Å². The molecule has 10 rings (SSSR count). The van der Waals surface area contributed by atoms with Crippen LogP contribution in [-0.4, -0.2) is 62.9 Å². The molecule has 0 saturated carbocycles. The SMILES string of the molecule is COc1cc(/C=C/c2nc3n(n2)CCC[C@@]3(C)c2ccc(F)cc2)ccc1-n1cnc(C)c1.COc1cc(/C=C/c2nc3n(n2)CCC[C@]3(C)c2ccc(F)cc2)ccc1-n1cnc(C)c1. The highest BCUT2D eigenvalue weighted by Gasteiger charge is 2.38. The minimum Gasteiger partial charge on any atom is -0.495 e. The van der Waals surface area contributed by atoms with Crippen LogP contribution >= 0.6 is 0 Å². The molecule has 0 radical (unpaired) electrons. The first-order valence-corrected chi connectivity index (χ1v) is 22.1. The highest BCUT2D eigenvalue weighted by Crippen LogP contribution is 2.40. The molecule has 4 aromatic carbocycles. The van der Waals surface area contributed by atoms with Gasteiger partial charge in [-0.05, 0) is 136 Å². The molecule has 2 aliphatic heterocycles. The predicted molar refractivity (Wildman–Crippen MR) is 252 cm³/mol. The van der Waals surface area contributed by atoms with E-state index in [0.717, 1.165) is 107 Å². The van der Waals surface area contributed by atoms with E-state index in [0.29, 0.717) is 11.6 Å². The van der Waals surface area contributed by atoms with Crippen LogP contribution in [0.5, 0.6) is 11.5 Å². The molecule has 2 atom stereocenters. The molecule has 0 unspecified atom stereocenters. The van der Waals surface area contributed by atoms with Crippen molar-refractivity contribution in [3.8, 4) is 22.9 Å². The molecule has 336 valence electrons. The number of halogens is 2. The fourth-order valence-electron chi connectivity index (χ4n) is 9.03. The fourth-order valence-corrected chi connectivity index (χ4v) is 9.03. The lowest BCUT2D eigenvalue weighted by Gasteiger charge is -2.33. The predicted octanol–water partition coefficient (Wildman–Crippen LogP) is 10.4. The zero-order valence-electron chi connectivity index (χ0n) is 38.0. The summed E-state index contributed by atoms with van der Waals surface area (Å²) in [6.07, 6.45) is 19.2. The van der Waals surface area contributed by atoms with E-state index in [1.165, 1.54) is 24.3 Å². The largest absolute Gasteiger partial charge is 0.495 e. The van der Waals surface area contributed by atoms with Crippen LogP contribution in [0.1, 0.15) is 96.5 Å². The standard InChI is InChI=1S/2C26H26FN5O/c2*1-18-16-31(17-28-18)22-11-5-19(15-23(22)33-3)6-12-24-29-25-26(2,13-4-14-32(25)30-24)20-7-9-21(27)10-8-20/h2*5-12,15-17H,4,13-14H2,1-3H3/b2*12-6+/t2*26-/m10/s1. The molecule has 12 nitrogen and oxygen atoms in total. The number of ether oxygens (including phenoxy) is 2. The smallest absolute Gasteiger partial charge is 0.174 e. The summed E-state index contributed by atoms with van der Waals surface area (Å²) in [7, 11) is 3.33. The van der Waals surface area contributed by atoms with E-state index in [9.17, 15) is 8.78 Å². The lowest BCUT2D eigenvalue weighted by atomic mass is 9.76. The van der Waals surface area contributed by atoms with E-state index >= 15 is 0 Å². The molecule has 66 heavy (non-hydrogen) atoms. The van der Waals surface area contributed by atoms with Gasteiger partial charge < -0.3 is 18.6 Å². The van der Waals surface area contributed by atoms with Crippen LogP contribution in [0.4, 0.5) is 8.78 Å². The zero-order valence-corrected chi connectivity index (χ0v) is 38.0. The third-order valence-electron chi connectivity index (χ3n) is 12.7. The van der Waals surface area contributed by atoms with E-state index < -0.39 is 0 Å². The minimum atomic E-state index is -0.293. The van der Waals surface area contributed by atoms with Crippen LogP contribution in [-0.2, 0) is 23.9 Å². The van der Waals surface area contributed by atoms with E-state index in [1.54, 1.807) is 26.9 Å². The number of aromatic nitrogens is 10. The van der Waals surface area contributed by atoms with Crippen molar-refractivity contribution < 1.29 is 18.3 Å². The molecule has 0 aliphatic carbocycles. The molecule has 0 amide bonds. The van der Waals surface area contributed by atoms with Crippen molar-refractivity contribution >= 4 is 24.3 Å². The van der Waals surface area contributed by atoms with Crippen molar-refractivity contribution in [1.29, 1.82) is 0 Å². The molecule has 4 aromatic heterocycles. The van der Waals surface area contributed by atoms with Crippen molar-refractivity contribution in [2.45, 2.75) is 77.3 Å². The minimum absolute atomic E-state index is 0.229. The molecule has 0 N–H and O–H groups in total. The Morgan fingerprint density at radius 1 is 0.561 bits per heavy atom. The van der Waals surface area contributed by atoms with Crippen LogP contribution in [0.3, 0.4) is 0 Å². The maximum Gasteiger partial charge on any atom is 0.174 e. The van der Waals surface area contributed by atoms with Gasteiger partial charge in [0.1, 0.15) is 34.8 Å². The number of nitrogens with zero attached hydrogens (tertiary/aromatic N) is 10. The number of hydrogen-bond acceptors (Lipinski definition) is 8. The number of benzene rings is 4. The molecule has 0 saturated heterocycles. The third kappa shape index (κ3) is 8.82. The normalized spacial score (nSPS) is 17.9. The van der Waals surface area contributed by atoms with Gasteiger partial charge >= 0.3 is 0 Å². The number of fused-ring (bicyclic) bond motifs is 2. The van der Waals surface area contributed by atoms with Gasteiger partial charge in [0, 0.05) is 25.5 Å². The van der Waals surface area contributed by atoms with Crippen LogP contribution < -0.4 is 9.47 Å². The van der Waals surface area contributed by atoms with Crippen molar-refractivity contribution in [3.05, 3.63) is 179 Å². The molecule has 0 fully saturated rings. The van der Waals surface area contributed by atoms with Crippen LogP contribution in [0.2, 0.25) is 0 Å². The van der Waals surface area contributed by atoms with Gasteiger partial charge in [0.05, 0.1) is 60.5 Å². The Bertz CT molecular complexity index is 2850. The molecular formula is C52H52F2N10O2. The first-order valence-electron chi connectivity index (χ1n) is 22.1. The van der Waals surface area contributed by atoms with Gasteiger partial charge in [-0.15, -0.1) is 0 Å². The summed E-state index contributed by atoms with van der Waals surface area (Å²) in [6.45, 7) is 9.90. The van der Waals surface area contributed by atoms with Gasteiger partial charge in [0.25, 0.3) is 0 Å². The quantitative estimate of drug-likeness (QED) is 0.133. The number of imidazole rings is 2. The summed E-state index contributed by atoms with van der Waals surface area (Å²) < 4.78 is 46.0. The highest BCUT2D eigenvalue weighted by molar-refractivity contribution is 5.70. The average molecular weight is 887 g/mol. The molecule has 14 heteroatoms. The van der Waals surface area contributed by atoms with E-state index in [-0.39, 0.29) is 22.5 Å². The van der Waals surface area contributed by atoms with E-state index in [2.05, 4.69) is 23.8 Å². The lowest BCUT2D eigenvalue weighted by Crippen LogP contribution is -2.33. The Hall–Kier alpha value is -7.48. The summed E-state index contributed by atoms with van der Waals surface area (Å²) in [5, 5.41) is 9.43. The molecule has 2 aliphatic rings. The molecule has 6 heterocycles. The maximum atomic E-state index is 13.5. The molecule has 8 aromatic rings. The number of hydrogen-bond donors (Lipinski definition) is 0. The van der Waals surface area contributed by atoms with Crippen molar-refractivity contribution in [2.24, 2.45) is 0 Å². The van der Waals surface area contributed by atoms with E-state index in [1.807, 2.05) is 130 Å². The number of methoxy groups -OCH3 is 2. The number of aryl methyl sites for hydroxylation is 4. The second-order valence-corrected chi connectivity index (χ2v) is 17.3. The highest BCUT2D eigenvalue weighted by atomic mass is 19.1. The summed E-state index contributed by atoms with van der Waals surface area (Å²) in [5.74, 6) is 4.22. The van der Waals surface area contributed by atoms with Crippen molar-refractivity contribution in [2.75, 3.05) is 14.2 Å². The second kappa shape index (κ2) is 18.2. The second-order valence-electron chi connectivity index (χ2n) is 17.3. The summed E-state index contributed by atoms with van der Waals surface area (Å²) in [6, 6.07) is 25.5. The first-order chi connectivity index (χ1) is 31.9. The lowest BCUT2D eigenvalue weighted by molar-refractivity contribution is 0.357. The van der Waals surface area contributed by atoms with Gasteiger partial charge in [-0.25, -0.2) is 38.1 Å². The topological polar surface area (TPSA) is 116 Å². The van der Waals surface area contributed by atoms with Crippen LogP contribution in [0.25, 0.3) is 35.7 Å². The van der Waals surface area contributed by atoms with Crippen LogP contribution in [0.15, 0.2) is 110 Å². The summed E-state index contributed by atoms with van der Waals surface area (Å²) in [5.41, 5.74) is 7.26. The first kappa shape index (κ1) is 43.8. The Labute approximate surface area is 383 Å². The van der Waals surface area contributed by atoms with Gasteiger partial charge in [-0.2, -0.15) is 10.2 Å². The maximum absolute atomic E-state index is 13.5. The average Bonchev–Trinajstić information content (AvgIpc) is 4.16. The Morgan fingerprint density at radius 2 is 0.970 bits per heavy atom. The Kier molecular flexibility index (Phi) is 12.1. The van der Waals surface area contributed by atoms with Crippen LogP contribution in [0, 0.1) is 25.5 Å². The number of rotatable bonds is 10. The zero-order chi connectivity index (χ0) is 46.0. The van der Waals surface area contributed by atoms with Gasteiger partial charge in [-0.3, -0.25) is 0 Å². The summed E-state index contributed by atoms with van der Waals surface area (Å²) >= 11 is 0.